The molecule has 20 heavy (non-hydrogen) atoms. The predicted octanol–water partition coefficient (Wildman–Crippen LogP) is 3.37. The van der Waals surface area contributed by atoms with E-state index in [2.05, 4.69) is 12.2 Å². The van der Waals surface area contributed by atoms with Crippen LogP contribution in [0.5, 0.6) is 0 Å². The summed E-state index contributed by atoms with van der Waals surface area (Å²) in [5.74, 6) is -0.776. The maximum atomic E-state index is 10.6. The molecule has 0 spiro atoms. The monoisotopic (exact) mass is 275 g/mol. The minimum Gasteiger partial charge on any atom is -0.481 e. The second-order valence-electron chi connectivity index (χ2n) is 6.05. The molecule has 1 fully saturated rings. The molecule has 0 atom stereocenters. The van der Waals surface area contributed by atoms with Crippen LogP contribution < -0.4 is 5.32 Å². The molecule has 0 aliphatic heterocycles. The van der Waals surface area contributed by atoms with Crippen molar-refractivity contribution in [2.24, 2.45) is 5.41 Å². The van der Waals surface area contributed by atoms with E-state index in [1.54, 1.807) is 0 Å². The van der Waals surface area contributed by atoms with Crippen LogP contribution in [-0.4, -0.2) is 17.6 Å². The minimum atomic E-state index is -0.776. The van der Waals surface area contributed by atoms with Crippen molar-refractivity contribution in [1.29, 1.82) is 0 Å². The van der Waals surface area contributed by atoms with E-state index >= 15 is 0 Å². The van der Waals surface area contributed by atoms with Gasteiger partial charge < -0.3 is 10.4 Å². The van der Waals surface area contributed by atoms with E-state index < -0.39 is 5.97 Å². The first-order valence-corrected chi connectivity index (χ1v) is 7.64. The average molecular weight is 275 g/mol. The summed E-state index contributed by atoms with van der Waals surface area (Å²) >= 11 is 0. The third-order valence-corrected chi connectivity index (χ3v) is 4.62. The van der Waals surface area contributed by atoms with Crippen molar-refractivity contribution in [3.8, 4) is 0 Å². The third-order valence-electron chi connectivity index (χ3n) is 4.62. The van der Waals surface area contributed by atoms with Crippen molar-refractivity contribution in [1.82, 2.24) is 5.32 Å². The Morgan fingerprint density at radius 3 is 2.35 bits per heavy atom. The standard InChI is InChI=1S/C17H25NO2/c1-2-17(9-3-4-10-17)13-18-12-15-7-5-14(6-8-15)11-16(19)20/h5-8,18H,2-4,9-13H2,1H3,(H,19,20). The Morgan fingerprint density at radius 2 is 1.80 bits per heavy atom. The molecule has 2 N–H and O–H groups in total. The Balaban J connectivity index is 1.80. The zero-order valence-corrected chi connectivity index (χ0v) is 12.3. The Morgan fingerprint density at radius 1 is 1.20 bits per heavy atom. The first-order valence-electron chi connectivity index (χ1n) is 7.64. The molecule has 1 saturated carbocycles. The second-order valence-corrected chi connectivity index (χ2v) is 6.05. The van der Waals surface area contributed by atoms with Gasteiger partial charge in [0, 0.05) is 13.1 Å². The maximum absolute atomic E-state index is 10.6. The first-order chi connectivity index (χ1) is 9.63. The fourth-order valence-corrected chi connectivity index (χ4v) is 3.20. The van der Waals surface area contributed by atoms with Crippen LogP contribution in [0.2, 0.25) is 0 Å². The molecule has 0 aromatic heterocycles. The van der Waals surface area contributed by atoms with Crippen LogP contribution in [0.25, 0.3) is 0 Å². The number of benzene rings is 1. The molecule has 0 bridgehead atoms. The van der Waals surface area contributed by atoms with Crippen LogP contribution in [-0.2, 0) is 17.8 Å². The Hall–Kier alpha value is -1.35. The van der Waals surface area contributed by atoms with Gasteiger partial charge in [0.1, 0.15) is 0 Å². The van der Waals surface area contributed by atoms with Gasteiger partial charge in [0.2, 0.25) is 0 Å². The van der Waals surface area contributed by atoms with Gasteiger partial charge in [-0.05, 0) is 35.8 Å². The summed E-state index contributed by atoms with van der Waals surface area (Å²) in [5.41, 5.74) is 2.61. The van der Waals surface area contributed by atoms with Gasteiger partial charge in [0.05, 0.1) is 6.42 Å². The fourth-order valence-electron chi connectivity index (χ4n) is 3.20. The van der Waals surface area contributed by atoms with E-state index in [4.69, 9.17) is 5.11 Å². The van der Waals surface area contributed by atoms with Crippen LogP contribution in [0, 0.1) is 5.41 Å². The van der Waals surface area contributed by atoms with Crippen molar-refractivity contribution in [3.63, 3.8) is 0 Å². The zero-order valence-electron chi connectivity index (χ0n) is 12.3. The van der Waals surface area contributed by atoms with E-state index in [-0.39, 0.29) is 6.42 Å². The van der Waals surface area contributed by atoms with Gasteiger partial charge in [0.25, 0.3) is 0 Å². The predicted molar refractivity (Wildman–Crippen MR) is 80.7 cm³/mol. The highest BCUT2D eigenvalue weighted by atomic mass is 16.4. The lowest BCUT2D eigenvalue weighted by molar-refractivity contribution is -0.136. The summed E-state index contributed by atoms with van der Waals surface area (Å²) < 4.78 is 0. The van der Waals surface area contributed by atoms with Gasteiger partial charge in [-0.2, -0.15) is 0 Å². The summed E-state index contributed by atoms with van der Waals surface area (Å²) in [6, 6.07) is 7.88. The number of carboxylic acid groups (broad SMARTS) is 1. The molecule has 1 aliphatic rings. The van der Waals surface area contributed by atoms with Gasteiger partial charge in [0.15, 0.2) is 0 Å². The molecule has 1 aromatic rings. The molecule has 0 heterocycles. The lowest BCUT2D eigenvalue weighted by Gasteiger charge is -2.27. The largest absolute Gasteiger partial charge is 0.481 e. The third kappa shape index (κ3) is 4.07. The minimum absolute atomic E-state index is 0.104. The van der Waals surface area contributed by atoms with Crippen molar-refractivity contribution in [2.45, 2.75) is 52.0 Å². The lowest BCUT2D eigenvalue weighted by Crippen LogP contribution is -2.31. The number of hydrogen-bond acceptors (Lipinski definition) is 2. The lowest BCUT2D eigenvalue weighted by atomic mass is 9.83. The molecule has 0 saturated heterocycles. The SMILES string of the molecule is CCC1(CNCc2ccc(CC(=O)O)cc2)CCCC1. The molecule has 2 rings (SSSR count). The molecule has 3 nitrogen and oxygen atoms in total. The average Bonchev–Trinajstić information content (AvgIpc) is 2.90. The van der Waals surface area contributed by atoms with E-state index in [9.17, 15) is 4.79 Å². The van der Waals surface area contributed by atoms with Gasteiger partial charge in [-0.15, -0.1) is 0 Å². The highest BCUT2D eigenvalue weighted by molar-refractivity contribution is 5.70. The molecule has 0 amide bonds. The van der Waals surface area contributed by atoms with Crippen LogP contribution >= 0.6 is 0 Å². The fraction of sp³-hybridized carbons (Fsp3) is 0.588. The molecular formula is C17H25NO2. The quantitative estimate of drug-likeness (QED) is 0.802. The number of hydrogen-bond donors (Lipinski definition) is 2. The number of nitrogens with one attached hydrogen (secondary N) is 1. The van der Waals surface area contributed by atoms with Gasteiger partial charge >= 0.3 is 5.97 Å². The Bertz CT molecular complexity index is 433. The van der Waals surface area contributed by atoms with E-state index in [1.165, 1.54) is 37.7 Å². The van der Waals surface area contributed by atoms with E-state index in [0.717, 1.165) is 18.7 Å². The molecule has 0 radical (unpaired) electrons. The molecule has 110 valence electrons. The van der Waals surface area contributed by atoms with Crippen molar-refractivity contribution < 1.29 is 9.90 Å². The van der Waals surface area contributed by atoms with Gasteiger partial charge in [-0.25, -0.2) is 0 Å². The van der Waals surface area contributed by atoms with Crippen LogP contribution in [0.4, 0.5) is 0 Å². The van der Waals surface area contributed by atoms with E-state index in [1.807, 2.05) is 24.3 Å². The van der Waals surface area contributed by atoms with Crippen LogP contribution in [0.15, 0.2) is 24.3 Å². The summed E-state index contributed by atoms with van der Waals surface area (Å²) in [5, 5.41) is 12.3. The van der Waals surface area contributed by atoms with Crippen molar-refractivity contribution in [3.05, 3.63) is 35.4 Å². The molecule has 1 aromatic carbocycles. The topological polar surface area (TPSA) is 49.3 Å². The number of carboxylic acids is 1. The van der Waals surface area contributed by atoms with Crippen molar-refractivity contribution in [2.75, 3.05) is 6.54 Å². The molecule has 0 unspecified atom stereocenters. The highest BCUT2D eigenvalue weighted by Gasteiger charge is 2.31. The van der Waals surface area contributed by atoms with Crippen LogP contribution in [0.3, 0.4) is 0 Å². The molecular weight excluding hydrogens is 250 g/mol. The summed E-state index contributed by atoms with van der Waals surface area (Å²) in [7, 11) is 0. The number of rotatable bonds is 7. The summed E-state index contributed by atoms with van der Waals surface area (Å²) in [4.78, 5) is 10.6. The zero-order chi connectivity index (χ0) is 14.4. The summed E-state index contributed by atoms with van der Waals surface area (Å²) in [6.45, 7) is 4.27. The smallest absolute Gasteiger partial charge is 0.307 e. The molecule has 1 aliphatic carbocycles. The maximum Gasteiger partial charge on any atom is 0.307 e. The number of aliphatic carboxylic acids is 1. The first kappa shape index (κ1) is 15.0. The Labute approximate surface area is 121 Å². The highest BCUT2D eigenvalue weighted by Crippen LogP contribution is 2.40. The normalized spacial score (nSPS) is 17.2. The van der Waals surface area contributed by atoms with Crippen LogP contribution in [0.1, 0.15) is 50.2 Å². The van der Waals surface area contributed by atoms with Gasteiger partial charge in [-0.1, -0.05) is 44.0 Å². The van der Waals surface area contributed by atoms with Crippen molar-refractivity contribution >= 4 is 5.97 Å². The second kappa shape index (κ2) is 6.89. The van der Waals surface area contributed by atoms with Gasteiger partial charge in [-0.3, -0.25) is 4.79 Å². The summed E-state index contributed by atoms with van der Waals surface area (Å²) in [6.07, 6.45) is 6.82. The number of carbonyl (C=O) groups is 1. The Kier molecular flexibility index (Phi) is 5.18. The molecule has 3 heteroatoms. The van der Waals surface area contributed by atoms with E-state index in [0.29, 0.717) is 5.41 Å².